The highest BCUT2D eigenvalue weighted by Crippen LogP contribution is 2.34. The van der Waals surface area contributed by atoms with Crippen molar-refractivity contribution < 1.29 is 15.0 Å². The van der Waals surface area contributed by atoms with Gasteiger partial charge in [-0.25, -0.2) is 0 Å². The van der Waals surface area contributed by atoms with Gasteiger partial charge in [-0.3, -0.25) is 4.79 Å². The first kappa shape index (κ1) is 14.8. The zero-order chi connectivity index (χ0) is 14.1. The minimum absolute atomic E-state index is 0.109. The molecule has 0 amide bonds. The van der Waals surface area contributed by atoms with Gasteiger partial charge in [0.05, 0.1) is 5.41 Å². The molecule has 0 fully saturated rings. The Balaban J connectivity index is 3.13. The van der Waals surface area contributed by atoms with Crippen molar-refractivity contribution in [1.29, 1.82) is 0 Å². The highest BCUT2D eigenvalue weighted by atomic mass is 35.5. The quantitative estimate of drug-likeness (QED) is 0.874. The molecule has 0 aliphatic carbocycles. The molecular weight excluding hydrogens is 252 g/mol. The Hall–Kier alpha value is -1.22. The van der Waals surface area contributed by atoms with Crippen molar-refractivity contribution in [3.05, 3.63) is 28.3 Å². The molecule has 1 aromatic rings. The molecule has 0 atom stereocenters. The molecule has 0 saturated carbocycles. The molecule has 4 heteroatoms. The Kier molecular flexibility index (Phi) is 4.28. The maximum Gasteiger partial charge on any atom is 0.309 e. The first-order valence-corrected chi connectivity index (χ1v) is 6.27. The number of aliphatic carboxylic acids is 1. The SMILES string of the molecule is CC(C)c1cc(O)c(CC(C)(C)C(=O)O)cc1Cl. The largest absolute Gasteiger partial charge is 0.508 e. The Labute approximate surface area is 112 Å². The topological polar surface area (TPSA) is 57.5 Å². The van der Waals surface area contributed by atoms with Crippen molar-refractivity contribution in [3.8, 4) is 5.75 Å². The minimum Gasteiger partial charge on any atom is -0.508 e. The number of hydrogen-bond donors (Lipinski definition) is 2. The second-order valence-electron chi connectivity index (χ2n) is 5.52. The third-order valence-electron chi connectivity index (χ3n) is 3.03. The second kappa shape index (κ2) is 5.19. The summed E-state index contributed by atoms with van der Waals surface area (Å²) < 4.78 is 0. The molecule has 2 N–H and O–H groups in total. The van der Waals surface area contributed by atoms with Gasteiger partial charge in [-0.1, -0.05) is 25.4 Å². The number of carbonyl (C=O) groups is 1. The number of hydrogen-bond acceptors (Lipinski definition) is 2. The van der Waals surface area contributed by atoms with Gasteiger partial charge in [-0.05, 0) is 49.4 Å². The lowest BCUT2D eigenvalue weighted by molar-refractivity contribution is -0.146. The maximum absolute atomic E-state index is 11.1. The van der Waals surface area contributed by atoms with Gasteiger partial charge in [0, 0.05) is 5.02 Å². The van der Waals surface area contributed by atoms with Crippen LogP contribution in [0.1, 0.15) is 44.7 Å². The Morgan fingerprint density at radius 1 is 1.39 bits per heavy atom. The average molecular weight is 271 g/mol. The second-order valence-corrected chi connectivity index (χ2v) is 5.93. The number of rotatable bonds is 4. The van der Waals surface area contributed by atoms with E-state index in [2.05, 4.69) is 0 Å². The van der Waals surface area contributed by atoms with Crippen LogP contribution in [0.5, 0.6) is 5.75 Å². The number of phenolic OH excluding ortho intramolecular Hbond substituents is 1. The number of benzene rings is 1. The fourth-order valence-corrected chi connectivity index (χ4v) is 2.16. The van der Waals surface area contributed by atoms with Crippen LogP contribution in [0.3, 0.4) is 0 Å². The number of carboxylic acids is 1. The summed E-state index contributed by atoms with van der Waals surface area (Å²) in [5.41, 5.74) is 0.503. The van der Waals surface area contributed by atoms with Crippen molar-refractivity contribution in [2.75, 3.05) is 0 Å². The summed E-state index contributed by atoms with van der Waals surface area (Å²) >= 11 is 6.15. The van der Waals surface area contributed by atoms with E-state index < -0.39 is 11.4 Å². The lowest BCUT2D eigenvalue weighted by Gasteiger charge is -2.20. The highest BCUT2D eigenvalue weighted by molar-refractivity contribution is 6.31. The van der Waals surface area contributed by atoms with Crippen LogP contribution in [-0.2, 0) is 11.2 Å². The van der Waals surface area contributed by atoms with Crippen LogP contribution in [0.25, 0.3) is 0 Å². The lowest BCUT2D eigenvalue weighted by Crippen LogP contribution is -2.26. The van der Waals surface area contributed by atoms with E-state index in [1.807, 2.05) is 13.8 Å². The zero-order valence-electron chi connectivity index (χ0n) is 11.1. The van der Waals surface area contributed by atoms with E-state index in [0.717, 1.165) is 5.56 Å². The van der Waals surface area contributed by atoms with Gasteiger partial charge in [-0.15, -0.1) is 0 Å². The normalized spacial score (nSPS) is 11.9. The molecule has 3 nitrogen and oxygen atoms in total. The predicted octanol–water partition coefficient (Wildman–Crippen LogP) is 3.82. The molecule has 0 heterocycles. The molecule has 0 saturated heterocycles. The highest BCUT2D eigenvalue weighted by Gasteiger charge is 2.29. The Morgan fingerprint density at radius 3 is 2.39 bits per heavy atom. The van der Waals surface area contributed by atoms with E-state index in [4.69, 9.17) is 16.7 Å². The molecule has 0 radical (unpaired) electrons. The summed E-state index contributed by atoms with van der Waals surface area (Å²) in [6.07, 6.45) is 0.242. The maximum atomic E-state index is 11.1. The predicted molar refractivity (Wildman–Crippen MR) is 72.3 cm³/mol. The van der Waals surface area contributed by atoms with E-state index in [0.29, 0.717) is 10.6 Å². The molecule has 0 aromatic heterocycles. The van der Waals surface area contributed by atoms with Crippen molar-refractivity contribution >= 4 is 17.6 Å². The van der Waals surface area contributed by atoms with Gasteiger partial charge in [0.2, 0.25) is 0 Å². The monoisotopic (exact) mass is 270 g/mol. The number of halogens is 1. The summed E-state index contributed by atoms with van der Waals surface area (Å²) in [5, 5.41) is 19.6. The van der Waals surface area contributed by atoms with Crippen molar-refractivity contribution in [2.24, 2.45) is 5.41 Å². The van der Waals surface area contributed by atoms with Gasteiger partial charge in [-0.2, -0.15) is 0 Å². The molecule has 0 aliphatic heterocycles. The van der Waals surface area contributed by atoms with Gasteiger partial charge in [0.25, 0.3) is 0 Å². The zero-order valence-corrected chi connectivity index (χ0v) is 11.9. The van der Waals surface area contributed by atoms with E-state index in [9.17, 15) is 9.90 Å². The van der Waals surface area contributed by atoms with Crippen molar-refractivity contribution in [1.82, 2.24) is 0 Å². The number of carboxylic acid groups (broad SMARTS) is 1. The van der Waals surface area contributed by atoms with Crippen LogP contribution in [0.4, 0.5) is 0 Å². The molecule has 1 rings (SSSR count). The fraction of sp³-hybridized carbons (Fsp3) is 0.500. The fourth-order valence-electron chi connectivity index (χ4n) is 1.75. The van der Waals surface area contributed by atoms with Gasteiger partial charge in [0.15, 0.2) is 0 Å². The van der Waals surface area contributed by atoms with E-state index >= 15 is 0 Å². The first-order valence-electron chi connectivity index (χ1n) is 5.90. The molecule has 0 spiro atoms. The molecule has 0 unspecified atom stereocenters. The van der Waals surface area contributed by atoms with Crippen LogP contribution in [0.15, 0.2) is 12.1 Å². The summed E-state index contributed by atoms with van der Waals surface area (Å²) in [6.45, 7) is 7.22. The minimum atomic E-state index is -0.930. The van der Waals surface area contributed by atoms with Crippen LogP contribution >= 0.6 is 11.6 Å². The summed E-state index contributed by atoms with van der Waals surface area (Å²) in [4.78, 5) is 11.1. The third-order valence-corrected chi connectivity index (χ3v) is 3.36. The summed E-state index contributed by atoms with van der Waals surface area (Å²) in [7, 11) is 0. The van der Waals surface area contributed by atoms with Crippen molar-refractivity contribution in [2.45, 2.75) is 40.0 Å². The molecule has 0 bridgehead atoms. The van der Waals surface area contributed by atoms with Crippen LogP contribution in [0.2, 0.25) is 5.02 Å². The molecule has 1 aromatic carbocycles. The Bertz CT molecular complexity index is 464. The van der Waals surface area contributed by atoms with E-state index in [1.165, 1.54) is 0 Å². The third kappa shape index (κ3) is 3.16. The molecule has 18 heavy (non-hydrogen) atoms. The standard InChI is InChI=1S/C14H19ClO3/c1-8(2)10-6-12(16)9(5-11(10)15)7-14(3,4)13(17)18/h5-6,8,16H,7H2,1-4H3,(H,17,18). The summed E-state index contributed by atoms with van der Waals surface area (Å²) in [5.74, 6) is -0.576. The van der Waals surface area contributed by atoms with E-state index in [-0.39, 0.29) is 18.1 Å². The lowest BCUT2D eigenvalue weighted by atomic mass is 9.85. The number of phenols is 1. The number of aromatic hydroxyl groups is 1. The first-order chi connectivity index (χ1) is 8.15. The summed E-state index contributed by atoms with van der Waals surface area (Å²) in [6, 6.07) is 3.29. The van der Waals surface area contributed by atoms with Gasteiger partial charge >= 0.3 is 5.97 Å². The molecule has 0 aliphatic rings. The molecular formula is C14H19ClO3. The van der Waals surface area contributed by atoms with Crippen LogP contribution in [-0.4, -0.2) is 16.2 Å². The average Bonchev–Trinajstić information content (AvgIpc) is 2.21. The van der Waals surface area contributed by atoms with Crippen molar-refractivity contribution in [3.63, 3.8) is 0 Å². The smallest absolute Gasteiger partial charge is 0.309 e. The molecule has 100 valence electrons. The Morgan fingerprint density at radius 2 is 1.94 bits per heavy atom. The van der Waals surface area contributed by atoms with E-state index in [1.54, 1.807) is 26.0 Å². The van der Waals surface area contributed by atoms with Crippen LogP contribution in [0, 0.1) is 5.41 Å². The van der Waals surface area contributed by atoms with Gasteiger partial charge < -0.3 is 10.2 Å². The van der Waals surface area contributed by atoms with Crippen LogP contribution < -0.4 is 0 Å². The van der Waals surface area contributed by atoms with Gasteiger partial charge in [0.1, 0.15) is 5.75 Å².